The first-order valence-corrected chi connectivity index (χ1v) is 10.9. The second-order valence-electron chi connectivity index (χ2n) is 7.31. The number of hydrogen-bond acceptors (Lipinski definition) is 7. The normalized spacial score (nSPS) is 17.5. The van der Waals surface area contributed by atoms with E-state index in [0.717, 1.165) is 16.7 Å². The molecule has 4 bridgehead atoms. The Morgan fingerprint density at radius 3 is 2.65 bits per heavy atom. The van der Waals surface area contributed by atoms with E-state index in [1.54, 1.807) is 12.1 Å². The van der Waals surface area contributed by atoms with Crippen LogP contribution in [-0.4, -0.2) is 53.1 Å². The molecule has 1 aliphatic heterocycles. The van der Waals surface area contributed by atoms with Gasteiger partial charge in [0.1, 0.15) is 11.1 Å². The zero-order valence-electron chi connectivity index (χ0n) is 17.7. The molecule has 3 rings (SSSR count). The van der Waals surface area contributed by atoms with Crippen molar-refractivity contribution in [2.75, 3.05) is 25.1 Å². The number of nitrogens with one attached hydrogen (secondary N) is 3. The Kier molecular flexibility index (Phi) is 7.11. The SMILES string of the molecule is CNC(=O)[C@@H]1CCNC(=O)CCSc2cc(nc(N)n2)-c2cc(c(C)cc2C)C(=O)N1. The molecule has 0 fully saturated rings. The van der Waals surface area contributed by atoms with Gasteiger partial charge in [0.15, 0.2) is 0 Å². The Labute approximate surface area is 185 Å². The molecule has 0 saturated heterocycles. The molecule has 164 valence electrons. The van der Waals surface area contributed by atoms with Crippen molar-refractivity contribution in [3.8, 4) is 11.3 Å². The maximum absolute atomic E-state index is 13.0. The molecule has 10 heteroatoms. The molecular formula is C21H26N6O3S. The minimum atomic E-state index is -0.773. The first kappa shape index (κ1) is 22.5. The number of thioether (sulfide) groups is 1. The summed E-state index contributed by atoms with van der Waals surface area (Å²) in [6, 6.07) is 4.71. The molecule has 31 heavy (non-hydrogen) atoms. The summed E-state index contributed by atoms with van der Waals surface area (Å²) in [7, 11) is 1.51. The Morgan fingerprint density at radius 2 is 1.90 bits per heavy atom. The average molecular weight is 443 g/mol. The number of nitrogens with zero attached hydrogens (tertiary/aromatic N) is 2. The number of hydrogen-bond donors (Lipinski definition) is 4. The number of rotatable bonds is 1. The predicted octanol–water partition coefficient (Wildman–Crippen LogP) is 1.19. The zero-order chi connectivity index (χ0) is 22.5. The lowest BCUT2D eigenvalue weighted by atomic mass is 9.97. The monoisotopic (exact) mass is 442 g/mol. The fraction of sp³-hybridized carbons (Fsp3) is 0.381. The number of carbonyl (C=O) groups excluding carboxylic acids is 3. The summed E-state index contributed by atoms with van der Waals surface area (Å²) in [6.45, 7) is 4.05. The lowest BCUT2D eigenvalue weighted by molar-refractivity contribution is -0.123. The number of carbonyl (C=O) groups is 3. The summed E-state index contributed by atoms with van der Waals surface area (Å²) in [5, 5.41) is 8.80. The van der Waals surface area contributed by atoms with E-state index in [1.165, 1.54) is 18.8 Å². The van der Waals surface area contributed by atoms with Crippen molar-refractivity contribution >= 4 is 35.4 Å². The van der Waals surface area contributed by atoms with E-state index in [0.29, 0.717) is 22.0 Å². The van der Waals surface area contributed by atoms with Crippen LogP contribution in [0.25, 0.3) is 11.3 Å². The molecular weight excluding hydrogens is 416 g/mol. The Balaban J connectivity index is 2.07. The van der Waals surface area contributed by atoms with Gasteiger partial charge in [0.05, 0.1) is 5.69 Å². The number of nitrogens with two attached hydrogens (primary N) is 1. The van der Waals surface area contributed by atoms with E-state index in [1.807, 2.05) is 19.9 Å². The summed E-state index contributed by atoms with van der Waals surface area (Å²) in [5.41, 5.74) is 9.43. The van der Waals surface area contributed by atoms with Crippen LogP contribution in [0.1, 0.15) is 34.3 Å². The fourth-order valence-corrected chi connectivity index (χ4v) is 4.25. The molecule has 0 saturated carbocycles. The fourth-order valence-electron chi connectivity index (χ4n) is 3.40. The minimum Gasteiger partial charge on any atom is -0.368 e. The summed E-state index contributed by atoms with van der Waals surface area (Å²) in [4.78, 5) is 46.1. The second kappa shape index (κ2) is 9.78. The molecule has 1 atom stereocenters. The molecule has 0 spiro atoms. The molecule has 2 heterocycles. The zero-order valence-corrected chi connectivity index (χ0v) is 18.6. The van der Waals surface area contributed by atoms with Gasteiger partial charge in [0.2, 0.25) is 17.8 Å². The van der Waals surface area contributed by atoms with Crippen molar-refractivity contribution in [3.63, 3.8) is 0 Å². The van der Waals surface area contributed by atoms with Crippen LogP contribution in [0.5, 0.6) is 0 Å². The van der Waals surface area contributed by atoms with Gasteiger partial charge in [-0.25, -0.2) is 9.97 Å². The maximum atomic E-state index is 13.0. The van der Waals surface area contributed by atoms with Gasteiger partial charge >= 0.3 is 0 Å². The van der Waals surface area contributed by atoms with E-state index in [9.17, 15) is 14.4 Å². The van der Waals surface area contributed by atoms with Gasteiger partial charge < -0.3 is 21.7 Å². The van der Waals surface area contributed by atoms with E-state index in [2.05, 4.69) is 25.9 Å². The second-order valence-corrected chi connectivity index (χ2v) is 8.42. The van der Waals surface area contributed by atoms with Gasteiger partial charge in [-0.15, -0.1) is 11.8 Å². The highest BCUT2D eigenvalue weighted by Crippen LogP contribution is 2.29. The molecule has 1 aromatic carbocycles. The molecule has 9 nitrogen and oxygen atoms in total. The van der Waals surface area contributed by atoms with E-state index < -0.39 is 6.04 Å². The van der Waals surface area contributed by atoms with Crippen LogP contribution in [0.2, 0.25) is 0 Å². The van der Waals surface area contributed by atoms with Crippen molar-refractivity contribution in [3.05, 3.63) is 34.9 Å². The van der Waals surface area contributed by atoms with Gasteiger partial charge in [0.25, 0.3) is 5.91 Å². The highest BCUT2D eigenvalue weighted by molar-refractivity contribution is 7.99. The van der Waals surface area contributed by atoms with Crippen LogP contribution in [0.3, 0.4) is 0 Å². The molecule has 0 aliphatic carbocycles. The average Bonchev–Trinajstić information content (AvgIpc) is 2.71. The Morgan fingerprint density at radius 1 is 1.16 bits per heavy atom. The highest BCUT2D eigenvalue weighted by atomic mass is 32.2. The number of aryl methyl sites for hydroxylation is 2. The van der Waals surface area contributed by atoms with Crippen molar-refractivity contribution in [1.29, 1.82) is 0 Å². The van der Waals surface area contributed by atoms with Crippen LogP contribution in [0, 0.1) is 13.8 Å². The molecule has 3 amide bonds. The number of amides is 3. The summed E-state index contributed by atoms with van der Waals surface area (Å²) in [5.74, 6) is -0.188. The topological polar surface area (TPSA) is 139 Å². The molecule has 2 aromatic rings. The molecule has 0 unspecified atom stereocenters. The van der Waals surface area contributed by atoms with E-state index in [4.69, 9.17) is 5.73 Å². The first-order chi connectivity index (χ1) is 14.8. The first-order valence-electron chi connectivity index (χ1n) is 9.96. The maximum Gasteiger partial charge on any atom is 0.252 e. The number of benzene rings is 1. The van der Waals surface area contributed by atoms with Gasteiger partial charge in [-0.3, -0.25) is 14.4 Å². The molecule has 1 aliphatic rings. The third-order valence-corrected chi connectivity index (χ3v) is 5.93. The number of anilines is 1. The number of likely N-dealkylation sites (N-methyl/N-ethyl adjacent to an activating group) is 1. The number of fused-ring (bicyclic) bond motifs is 5. The number of aromatic nitrogens is 2. The number of nitrogen functional groups attached to an aromatic ring is 1. The smallest absolute Gasteiger partial charge is 0.252 e. The van der Waals surface area contributed by atoms with E-state index >= 15 is 0 Å². The van der Waals surface area contributed by atoms with Crippen molar-refractivity contribution < 1.29 is 14.4 Å². The van der Waals surface area contributed by atoms with Crippen molar-refractivity contribution in [2.45, 2.75) is 37.8 Å². The van der Waals surface area contributed by atoms with Gasteiger partial charge in [-0.1, -0.05) is 6.07 Å². The van der Waals surface area contributed by atoms with Crippen LogP contribution in [-0.2, 0) is 9.59 Å². The Hall–Kier alpha value is -3.14. The molecule has 0 radical (unpaired) electrons. The highest BCUT2D eigenvalue weighted by Gasteiger charge is 2.23. The molecule has 1 aromatic heterocycles. The van der Waals surface area contributed by atoms with Crippen LogP contribution in [0.15, 0.2) is 23.2 Å². The van der Waals surface area contributed by atoms with Crippen LogP contribution >= 0.6 is 11.8 Å². The van der Waals surface area contributed by atoms with Gasteiger partial charge in [-0.2, -0.15) is 0 Å². The van der Waals surface area contributed by atoms with Gasteiger partial charge in [0, 0.05) is 36.9 Å². The minimum absolute atomic E-state index is 0.122. The standard InChI is InChI=1S/C21H26N6O3S/c1-11-8-12(2)14-9-13(11)16-10-18(27-21(22)26-16)31-7-5-17(28)24-6-4-15(20(30)23-3)25-19(14)29/h8-10,15H,4-7H2,1-3H3,(H,23,30)(H,24,28)(H,25,29)(H2,22,26,27)/t15-/m0/s1. The lowest BCUT2D eigenvalue weighted by Crippen LogP contribution is -2.47. The van der Waals surface area contributed by atoms with Crippen molar-refractivity contribution in [2.24, 2.45) is 0 Å². The summed E-state index contributed by atoms with van der Waals surface area (Å²) < 4.78 is 0. The quantitative estimate of drug-likeness (QED) is 0.487. The molecule has 5 N–H and O–H groups in total. The summed E-state index contributed by atoms with van der Waals surface area (Å²) >= 11 is 1.41. The lowest BCUT2D eigenvalue weighted by Gasteiger charge is -2.19. The summed E-state index contributed by atoms with van der Waals surface area (Å²) in [6.07, 6.45) is 0.565. The predicted molar refractivity (Wildman–Crippen MR) is 120 cm³/mol. The third kappa shape index (κ3) is 5.52. The van der Waals surface area contributed by atoms with Gasteiger partial charge in [-0.05, 0) is 43.5 Å². The van der Waals surface area contributed by atoms with Crippen LogP contribution in [0.4, 0.5) is 5.95 Å². The third-order valence-electron chi connectivity index (χ3n) is 5.01. The van der Waals surface area contributed by atoms with E-state index in [-0.39, 0.29) is 43.1 Å². The largest absolute Gasteiger partial charge is 0.368 e. The van der Waals surface area contributed by atoms with Crippen LogP contribution < -0.4 is 21.7 Å². The Bertz CT molecular complexity index is 1030. The van der Waals surface area contributed by atoms with Crippen molar-refractivity contribution in [1.82, 2.24) is 25.9 Å².